The molecule has 0 aliphatic carbocycles. The molecule has 2 aromatic carbocycles. The highest BCUT2D eigenvalue weighted by atomic mass is 35.5. The predicted molar refractivity (Wildman–Crippen MR) is 140 cm³/mol. The molecule has 0 bridgehead atoms. The minimum absolute atomic E-state index is 0.0931. The van der Waals surface area contributed by atoms with Crippen molar-refractivity contribution in [1.29, 1.82) is 0 Å². The minimum Gasteiger partial charge on any atom is -0.384 e. The molecule has 200 valence electrons. The van der Waals surface area contributed by atoms with E-state index in [1.165, 1.54) is 30.0 Å². The molecule has 1 heterocycles. The predicted octanol–water partition coefficient (Wildman–Crippen LogP) is 4.77. The highest BCUT2D eigenvalue weighted by Crippen LogP contribution is 2.39. The summed E-state index contributed by atoms with van der Waals surface area (Å²) in [6.45, 7) is 6.82. The Morgan fingerprint density at radius 2 is 1.89 bits per heavy atom. The third kappa shape index (κ3) is 7.12. The summed E-state index contributed by atoms with van der Waals surface area (Å²) in [4.78, 5) is 19.5. The Hall–Kier alpha value is -2.88. The molecule has 3 aromatic rings. The van der Waals surface area contributed by atoms with Crippen LogP contribution < -0.4 is 5.73 Å². The van der Waals surface area contributed by atoms with Gasteiger partial charge in [0, 0.05) is 17.6 Å². The molecule has 1 amide bonds. The number of carbonyl (C=O) groups is 1. The van der Waals surface area contributed by atoms with Crippen LogP contribution in [-0.2, 0) is 11.3 Å². The normalized spacial score (nSPS) is 14.3. The van der Waals surface area contributed by atoms with Gasteiger partial charge in [0.25, 0.3) is 5.91 Å². The Bertz CT molecular complexity index is 1200. The first-order valence-corrected chi connectivity index (χ1v) is 12.5. The van der Waals surface area contributed by atoms with Crippen LogP contribution in [0.2, 0.25) is 5.02 Å². The van der Waals surface area contributed by atoms with Gasteiger partial charge >= 0.3 is 0 Å². The highest BCUT2D eigenvalue weighted by Gasteiger charge is 2.40. The van der Waals surface area contributed by atoms with Crippen LogP contribution in [0.25, 0.3) is 11.4 Å². The SMILES string of the molecule is CC(O)C(=O)N(CCC(N)CF)[C@@H](c1nc(-c2cc(Cl)ccc2F)nn1Cc1ccccc1)C(C)(C)C. The average molecular weight is 534 g/mol. The summed E-state index contributed by atoms with van der Waals surface area (Å²) < 4.78 is 29.6. The van der Waals surface area contributed by atoms with Gasteiger partial charge in [-0.05, 0) is 42.5 Å². The van der Waals surface area contributed by atoms with Crippen LogP contribution in [-0.4, -0.2) is 56.0 Å². The van der Waals surface area contributed by atoms with Gasteiger partial charge < -0.3 is 15.7 Å². The van der Waals surface area contributed by atoms with Crippen molar-refractivity contribution in [2.75, 3.05) is 13.2 Å². The van der Waals surface area contributed by atoms with E-state index < -0.39 is 42.0 Å². The standard InChI is InChI=1S/C27H34ClF2N5O2/c1-17(36)26(37)34(13-12-20(31)15-29)23(27(2,3)4)25-32-24(21-14-19(28)10-11-22(21)30)33-35(25)16-18-8-6-5-7-9-18/h5-11,14,17,20,23,36H,12-13,15-16,31H2,1-4H3/t17?,20?,23-/m0/s1. The van der Waals surface area contributed by atoms with E-state index in [0.717, 1.165) is 5.56 Å². The van der Waals surface area contributed by atoms with Crippen molar-refractivity contribution in [1.82, 2.24) is 19.7 Å². The van der Waals surface area contributed by atoms with Gasteiger partial charge in [-0.15, -0.1) is 0 Å². The summed E-state index contributed by atoms with van der Waals surface area (Å²) >= 11 is 6.14. The number of halogens is 3. The Labute approximate surface area is 221 Å². The fourth-order valence-corrected chi connectivity index (χ4v) is 4.37. The average Bonchev–Trinajstić information content (AvgIpc) is 3.24. The van der Waals surface area contributed by atoms with Gasteiger partial charge in [0.05, 0.1) is 18.2 Å². The van der Waals surface area contributed by atoms with E-state index in [2.05, 4.69) is 5.10 Å². The zero-order valence-corrected chi connectivity index (χ0v) is 22.3. The van der Waals surface area contributed by atoms with Gasteiger partial charge in [-0.3, -0.25) is 4.79 Å². The fourth-order valence-electron chi connectivity index (χ4n) is 4.19. The number of hydrogen-bond donors (Lipinski definition) is 2. The lowest BCUT2D eigenvalue weighted by molar-refractivity contribution is -0.145. The third-order valence-electron chi connectivity index (χ3n) is 6.00. The van der Waals surface area contributed by atoms with Gasteiger partial charge in [0.2, 0.25) is 0 Å². The number of aromatic nitrogens is 3. The molecular formula is C27H34ClF2N5O2. The van der Waals surface area contributed by atoms with E-state index in [-0.39, 0.29) is 24.4 Å². The smallest absolute Gasteiger partial charge is 0.251 e. The number of alkyl halides is 1. The molecule has 0 saturated heterocycles. The molecule has 0 spiro atoms. The van der Waals surface area contributed by atoms with Crippen molar-refractivity contribution < 1.29 is 18.7 Å². The van der Waals surface area contributed by atoms with Crippen LogP contribution in [0.15, 0.2) is 48.5 Å². The number of nitrogens with two attached hydrogens (primary N) is 1. The maximum atomic E-state index is 14.8. The maximum absolute atomic E-state index is 14.8. The summed E-state index contributed by atoms with van der Waals surface area (Å²) in [5.41, 5.74) is 6.27. The molecular weight excluding hydrogens is 500 g/mol. The Balaban J connectivity index is 2.21. The molecule has 0 saturated carbocycles. The summed E-state index contributed by atoms with van der Waals surface area (Å²) in [7, 11) is 0. The Kier molecular flexibility index (Phi) is 9.39. The third-order valence-corrected chi connectivity index (χ3v) is 6.24. The van der Waals surface area contributed by atoms with Gasteiger partial charge in [-0.2, -0.15) is 5.10 Å². The zero-order valence-electron chi connectivity index (χ0n) is 21.5. The van der Waals surface area contributed by atoms with Crippen LogP contribution in [0.5, 0.6) is 0 Å². The molecule has 0 aliphatic heterocycles. The van der Waals surface area contributed by atoms with Gasteiger partial charge in [-0.1, -0.05) is 62.7 Å². The van der Waals surface area contributed by atoms with Crippen molar-refractivity contribution in [3.8, 4) is 11.4 Å². The topological polar surface area (TPSA) is 97.3 Å². The van der Waals surface area contributed by atoms with Crippen molar-refractivity contribution in [3.63, 3.8) is 0 Å². The highest BCUT2D eigenvalue weighted by molar-refractivity contribution is 6.30. The van der Waals surface area contributed by atoms with Gasteiger partial charge in [0.1, 0.15) is 18.6 Å². The second kappa shape index (κ2) is 12.1. The first kappa shape index (κ1) is 28.7. The van der Waals surface area contributed by atoms with E-state index in [1.807, 2.05) is 51.1 Å². The van der Waals surface area contributed by atoms with Crippen molar-refractivity contribution >= 4 is 17.5 Å². The number of benzene rings is 2. The molecule has 7 nitrogen and oxygen atoms in total. The van der Waals surface area contributed by atoms with Gasteiger partial charge in [-0.25, -0.2) is 18.4 Å². The quantitative estimate of drug-likeness (QED) is 0.391. The first-order chi connectivity index (χ1) is 17.4. The van der Waals surface area contributed by atoms with E-state index >= 15 is 0 Å². The largest absolute Gasteiger partial charge is 0.384 e. The van der Waals surface area contributed by atoms with Gasteiger partial charge in [0.15, 0.2) is 11.6 Å². The summed E-state index contributed by atoms with van der Waals surface area (Å²) in [6, 6.07) is 12.2. The number of rotatable bonds is 10. The van der Waals surface area contributed by atoms with Crippen LogP contribution in [0.3, 0.4) is 0 Å². The van der Waals surface area contributed by atoms with Crippen molar-refractivity contribution in [3.05, 3.63) is 70.8 Å². The van der Waals surface area contributed by atoms with E-state index in [4.69, 9.17) is 22.3 Å². The summed E-state index contributed by atoms with van der Waals surface area (Å²) in [6.07, 6.45) is -1.12. The van der Waals surface area contributed by atoms with E-state index in [1.54, 1.807) is 4.68 Å². The number of hydrogen-bond acceptors (Lipinski definition) is 5. The number of carbonyl (C=O) groups excluding carboxylic acids is 1. The molecule has 1 aromatic heterocycles. The maximum Gasteiger partial charge on any atom is 0.251 e. The fraction of sp³-hybridized carbons (Fsp3) is 0.444. The molecule has 0 radical (unpaired) electrons. The lowest BCUT2D eigenvalue weighted by atomic mass is 9.84. The zero-order chi connectivity index (χ0) is 27.3. The molecule has 0 aliphatic rings. The number of nitrogens with zero attached hydrogens (tertiary/aromatic N) is 4. The molecule has 3 N–H and O–H groups in total. The van der Waals surface area contributed by atoms with Crippen molar-refractivity contribution in [2.45, 2.75) is 58.8 Å². The molecule has 37 heavy (non-hydrogen) atoms. The summed E-state index contributed by atoms with van der Waals surface area (Å²) in [5, 5.41) is 15.2. The molecule has 2 unspecified atom stereocenters. The van der Waals surface area contributed by atoms with E-state index in [9.17, 15) is 18.7 Å². The number of aliphatic hydroxyl groups excluding tert-OH is 1. The second-order valence-electron chi connectivity index (χ2n) is 10.2. The van der Waals surface area contributed by atoms with Crippen molar-refractivity contribution in [2.24, 2.45) is 11.1 Å². The van der Waals surface area contributed by atoms with Crippen LogP contribution >= 0.6 is 11.6 Å². The van der Waals surface area contributed by atoms with Crippen LogP contribution in [0.1, 0.15) is 51.5 Å². The van der Waals surface area contributed by atoms with E-state index in [0.29, 0.717) is 17.4 Å². The minimum atomic E-state index is -1.30. The Morgan fingerprint density at radius 1 is 1.22 bits per heavy atom. The number of aliphatic hydroxyl groups is 1. The number of amides is 1. The lowest BCUT2D eigenvalue weighted by Gasteiger charge is -2.40. The van der Waals surface area contributed by atoms with Crippen LogP contribution in [0, 0.1) is 11.2 Å². The summed E-state index contributed by atoms with van der Waals surface area (Å²) in [5.74, 6) is -0.569. The molecule has 3 rings (SSSR count). The van der Waals surface area contributed by atoms with Crippen LogP contribution in [0.4, 0.5) is 8.78 Å². The molecule has 0 fully saturated rings. The second-order valence-corrected chi connectivity index (χ2v) is 10.7. The Morgan fingerprint density at radius 3 is 2.49 bits per heavy atom. The monoisotopic (exact) mass is 533 g/mol. The molecule has 3 atom stereocenters. The lowest BCUT2D eigenvalue weighted by Crippen LogP contribution is -2.47. The molecule has 10 heteroatoms. The first-order valence-electron chi connectivity index (χ1n) is 12.2.